The average Bonchev–Trinajstić information content (AvgIpc) is 2.72. The lowest BCUT2D eigenvalue weighted by Gasteiger charge is -2.16. The summed E-state index contributed by atoms with van der Waals surface area (Å²) in [6.07, 6.45) is 0.623. The Labute approximate surface area is 182 Å². The molecule has 0 saturated carbocycles. The number of hydrogen-bond acceptors (Lipinski definition) is 3. The predicted molar refractivity (Wildman–Crippen MR) is 118 cm³/mol. The van der Waals surface area contributed by atoms with Crippen LogP contribution < -0.4 is 14.8 Å². The van der Waals surface area contributed by atoms with Crippen LogP contribution in [0.15, 0.2) is 66.7 Å². The van der Waals surface area contributed by atoms with E-state index in [4.69, 9.17) is 21.1 Å². The molecule has 6 heteroatoms. The second kappa shape index (κ2) is 11.7. The van der Waals surface area contributed by atoms with E-state index in [0.717, 1.165) is 11.1 Å². The highest BCUT2D eigenvalue weighted by Crippen LogP contribution is 2.32. The Morgan fingerprint density at radius 1 is 0.931 bits per heavy atom. The Morgan fingerprint density at radius 2 is 1.66 bits per heavy atom. The highest BCUT2D eigenvalue weighted by atomic mass is 35.5. The summed E-state index contributed by atoms with van der Waals surface area (Å²) in [6.45, 7) is 1.68. The zero-order valence-electron chi connectivity index (χ0n) is 16.2. The summed E-state index contributed by atoms with van der Waals surface area (Å²) < 4.78 is 25.2. The molecule has 3 rings (SSSR count). The van der Waals surface area contributed by atoms with E-state index in [1.807, 2.05) is 54.6 Å². The number of methoxy groups -OCH3 is 1. The number of nitrogens with one attached hydrogen (secondary N) is 1. The SMILES string of the molecule is COc1cccc(CNCCc2ccccc2F)c1OCc1ccc(Cl)cc1.Cl. The zero-order valence-corrected chi connectivity index (χ0v) is 17.7. The van der Waals surface area contributed by atoms with Crippen LogP contribution >= 0.6 is 24.0 Å². The van der Waals surface area contributed by atoms with Gasteiger partial charge in [-0.25, -0.2) is 4.39 Å². The van der Waals surface area contributed by atoms with E-state index in [0.29, 0.717) is 48.2 Å². The smallest absolute Gasteiger partial charge is 0.166 e. The summed E-state index contributed by atoms with van der Waals surface area (Å²) in [7, 11) is 1.62. The molecule has 0 aliphatic heterocycles. The minimum absolute atomic E-state index is 0. The summed E-state index contributed by atoms with van der Waals surface area (Å²) in [6, 6.07) is 20.2. The Morgan fingerprint density at radius 3 is 2.38 bits per heavy atom. The third kappa shape index (κ3) is 6.64. The molecule has 0 unspecified atom stereocenters. The minimum atomic E-state index is -0.169. The number of ether oxygens (including phenoxy) is 2. The monoisotopic (exact) mass is 435 g/mol. The van der Waals surface area contributed by atoms with Gasteiger partial charge in [0.25, 0.3) is 0 Å². The molecule has 0 aromatic heterocycles. The molecule has 3 nitrogen and oxygen atoms in total. The molecule has 0 atom stereocenters. The van der Waals surface area contributed by atoms with Crippen LogP contribution in [0.3, 0.4) is 0 Å². The maximum atomic E-state index is 13.7. The lowest BCUT2D eigenvalue weighted by atomic mass is 10.1. The summed E-state index contributed by atoms with van der Waals surface area (Å²) in [5, 5.41) is 4.05. The highest BCUT2D eigenvalue weighted by molar-refractivity contribution is 6.30. The molecule has 0 heterocycles. The maximum absolute atomic E-state index is 13.7. The number of halogens is 3. The normalized spacial score (nSPS) is 10.3. The van der Waals surface area contributed by atoms with Crippen molar-refractivity contribution < 1.29 is 13.9 Å². The zero-order chi connectivity index (χ0) is 19.8. The van der Waals surface area contributed by atoms with Crippen LogP contribution in [0, 0.1) is 5.82 Å². The molecule has 3 aromatic carbocycles. The van der Waals surface area contributed by atoms with Gasteiger partial charge in [-0.3, -0.25) is 0 Å². The minimum Gasteiger partial charge on any atom is -0.493 e. The van der Waals surface area contributed by atoms with Crippen molar-refractivity contribution in [2.75, 3.05) is 13.7 Å². The van der Waals surface area contributed by atoms with E-state index in [1.54, 1.807) is 13.2 Å². The van der Waals surface area contributed by atoms with Crippen molar-refractivity contribution in [1.82, 2.24) is 5.32 Å². The van der Waals surface area contributed by atoms with Gasteiger partial charge >= 0.3 is 0 Å². The number of benzene rings is 3. The number of hydrogen-bond donors (Lipinski definition) is 1. The van der Waals surface area contributed by atoms with Crippen LogP contribution in [0.25, 0.3) is 0 Å². The fourth-order valence-electron chi connectivity index (χ4n) is 2.91. The van der Waals surface area contributed by atoms with E-state index in [9.17, 15) is 4.39 Å². The fraction of sp³-hybridized carbons (Fsp3) is 0.217. The van der Waals surface area contributed by atoms with Crippen molar-refractivity contribution in [2.45, 2.75) is 19.6 Å². The Bertz CT molecular complexity index is 904. The molecule has 0 aliphatic carbocycles. The summed E-state index contributed by atoms with van der Waals surface area (Å²) in [5.74, 6) is 1.22. The van der Waals surface area contributed by atoms with Gasteiger partial charge in [0.2, 0.25) is 0 Å². The first-order chi connectivity index (χ1) is 13.7. The van der Waals surface area contributed by atoms with E-state index in [-0.39, 0.29) is 18.2 Å². The van der Waals surface area contributed by atoms with Crippen molar-refractivity contribution in [3.8, 4) is 11.5 Å². The van der Waals surface area contributed by atoms with E-state index in [1.165, 1.54) is 6.07 Å². The Balaban J connectivity index is 0.00000300. The number of para-hydroxylation sites is 1. The van der Waals surface area contributed by atoms with Crippen LogP contribution in [0.4, 0.5) is 4.39 Å². The maximum Gasteiger partial charge on any atom is 0.166 e. The third-order valence-corrected chi connectivity index (χ3v) is 4.67. The molecular weight excluding hydrogens is 412 g/mol. The van der Waals surface area contributed by atoms with E-state index < -0.39 is 0 Å². The van der Waals surface area contributed by atoms with Crippen molar-refractivity contribution in [1.29, 1.82) is 0 Å². The summed E-state index contributed by atoms with van der Waals surface area (Å²) >= 11 is 5.93. The Kier molecular flexibility index (Phi) is 9.26. The molecule has 1 N–H and O–H groups in total. The first-order valence-electron chi connectivity index (χ1n) is 9.14. The summed E-state index contributed by atoms with van der Waals surface area (Å²) in [5.41, 5.74) is 2.72. The third-order valence-electron chi connectivity index (χ3n) is 4.42. The lowest BCUT2D eigenvalue weighted by Crippen LogP contribution is -2.18. The van der Waals surface area contributed by atoms with Crippen LogP contribution in [-0.4, -0.2) is 13.7 Å². The molecule has 0 spiro atoms. The first-order valence-corrected chi connectivity index (χ1v) is 9.52. The van der Waals surface area contributed by atoms with Gasteiger partial charge in [0, 0.05) is 17.1 Å². The van der Waals surface area contributed by atoms with Crippen LogP contribution in [0.5, 0.6) is 11.5 Å². The van der Waals surface area contributed by atoms with Gasteiger partial charge in [0.05, 0.1) is 7.11 Å². The van der Waals surface area contributed by atoms with Crippen molar-refractivity contribution in [3.63, 3.8) is 0 Å². The van der Waals surface area contributed by atoms with Crippen LogP contribution in [0.2, 0.25) is 5.02 Å². The standard InChI is InChI=1S/C23H23ClFNO2.ClH/c1-27-22-8-4-6-19(15-26-14-13-18-5-2-3-7-21(18)25)23(22)28-16-17-9-11-20(24)12-10-17;/h2-12,26H,13-16H2,1H3;1H. The first kappa shape index (κ1) is 23.0. The molecule has 0 amide bonds. The molecule has 154 valence electrons. The van der Waals surface area contributed by atoms with Crippen molar-refractivity contribution in [3.05, 3.63) is 94.3 Å². The Hall–Kier alpha value is -2.27. The van der Waals surface area contributed by atoms with Gasteiger partial charge in [0.15, 0.2) is 11.5 Å². The molecule has 0 saturated heterocycles. The molecule has 0 radical (unpaired) electrons. The van der Waals surface area contributed by atoms with Gasteiger partial charge in [0.1, 0.15) is 12.4 Å². The van der Waals surface area contributed by atoms with E-state index >= 15 is 0 Å². The topological polar surface area (TPSA) is 30.5 Å². The van der Waals surface area contributed by atoms with Gasteiger partial charge in [-0.2, -0.15) is 0 Å². The van der Waals surface area contributed by atoms with Gasteiger partial charge in [-0.15, -0.1) is 12.4 Å². The van der Waals surface area contributed by atoms with Crippen LogP contribution in [0.1, 0.15) is 16.7 Å². The van der Waals surface area contributed by atoms with Gasteiger partial charge in [-0.1, -0.05) is 54.1 Å². The van der Waals surface area contributed by atoms with Crippen molar-refractivity contribution >= 4 is 24.0 Å². The highest BCUT2D eigenvalue weighted by Gasteiger charge is 2.11. The fourth-order valence-corrected chi connectivity index (χ4v) is 3.03. The quantitative estimate of drug-likeness (QED) is 0.429. The average molecular weight is 436 g/mol. The van der Waals surface area contributed by atoms with Gasteiger partial charge < -0.3 is 14.8 Å². The van der Waals surface area contributed by atoms with Crippen molar-refractivity contribution in [2.24, 2.45) is 0 Å². The second-order valence-electron chi connectivity index (χ2n) is 6.38. The summed E-state index contributed by atoms with van der Waals surface area (Å²) in [4.78, 5) is 0. The molecule has 0 bridgehead atoms. The molecule has 0 aliphatic rings. The lowest BCUT2D eigenvalue weighted by molar-refractivity contribution is 0.280. The van der Waals surface area contributed by atoms with E-state index in [2.05, 4.69) is 5.32 Å². The molecule has 3 aromatic rings. The van der Waals surface area contributed by atoms with Crippen LogP contribution in [-0.2, 0) is 19.6 Å². The van der Waals surface area contributed by atoms with Gasteiger partial charge in [-0.05, 0) is 48.4 Å². The second-order valence-corrected chi connectivity index (χ2v) is 6.82. The largest absolute Gasteiger partial charge is 0.493 e. The molecular formula is C23H24Cl2FNO2. The predicted octanol–water partition coefficient (Wildman–Crippen LogP) is 5.82. The molecule has 0 fully saturated rings. The number of rotatable bonds is 9. The molecule has 29 heavy (non-hydrogen) atoms.